The maximum atomic E-state index is 13.9. The molecule has 166 valence electrons. The molecule has 1 aromatic heterocycles. The molecule has 11 nitrogen and oxygen atoms in total. The number of hydrogen-bond acceptors (Lipinski definition) is 9. The second-order valence-corrected chi connectivity index (χ2v) is 7.01. The molecule has 2 aliphatic heterocycles. The number of anilines is 1. The minimum absolute atomic E-state index is 0.0617. The van der Waals surface area contributed by atoms with Crippen LogP contribution in [0.15, 0.2) is 51.0 Å². The van der Waals surface area contributed by atoms with Crippen LogP contribution in [0.2, 0.25) is 0 Å². The van der Waals surface area contributed by atoms with Crippen molar-refractivity contribution >= 4 is 23.5 Å². The van der Waals surface area contributed by atoms with Crippen molar-refractivity contribution in [1.29, 1.82) is 0 Å². The van der Waals surface area contributed by atoms with E-state index < -0.39 is 64.8 Å². The van der Waals surface area contributed by atoms with Gasteiger partial charge in [-0.25, -0.2) is 4.79 Å². The molecule has 0 radical (unpaired) electrons. The van der Waals surface area contributed by atoms with Crippen LogP contribution in [0.5, 0.6) is 5.75 Å². The van der Waals surface area contributed by atoms with E-state index in [-0.39, 0.29) is 23.6 Å². The highest BCUT2D eigenvalue weighted by molar-refractivity contribution is 6.19. The summed E-state index contributed by atoms with van der Waals surface area (Å²) in [6.07, 6.45) is 0. The molecule has 1 atom stereocenters. The number of fused-ring (bicyclic) bond motifs is 4. The van der Waals surface area contributed by atoms with Crippen molar-refractivity contribution in [1.82, 2.24) is 0 Å². The number of carboxylic acid groups (broad SMARTS) is 1. The molecule has 1 unspecified atom stereocenters. The van der Waals surface area contributed by atoms with E-state index in [0.29, 0.717) is 0 Å². The van der Waals surface area contributed by atoms with Crippen LogP contribution in [0.4, 0.5) is 5.69 Å². The summed E-state index contributed by atoms with van der Waals surface area (Å²) in [5.74, 6) is -4.80. The summed E-state index contributed by atoms with van der Waals surface area (Å²) in [6, 6.07) is 7.10. The number of aliphatic hydroxyl groups is 1. The highest BCUT2D eigenvalue weighted by Gasteiger charge is 2.63. The van der Waals surface area contributed by atoms with E-state index in [9.17, 15) is 29.4 Å². The zero-order valence-corrected chi connectivity index (χ0v) is 16.8. The first-order valence-corrected chi connectivity index (χ1v) is 9.54. The maximum absolute atomic E-state index is 13.9. The van der Waals surface area contributed by atoms with Gasteiger partial charge in [0.2, 0.25) is 17.1 Å². The van der Waals surface area contributed by atoms with Gasteiger partial charge in [-0.05, 0) is 13.0 Å². The lowest BCUT2D eigenvalue weighted by Gasteiger charge is -2.34. The van der Waals surface area contributed by atoms with Gasteiger partial charge in [-0.15, -0.1) is 0 Å². The van der Waals surface area contributed by atoms with Crippen molar-refractivity contribution in [3.05, 3.63) is 69.1 Å². The average molecular weight is 442 g/mol. The smallest absolute Gasteiger partial charge is 0.341 e. The summed E-state index contributed by atoms with van der Waals surface area (Å²) in [7, 11) is 0. The van der Waals surface area contributed by atoms with Gasteiger partial charge in [-0.3, -0.25) is 19.3 Å². The van der Waals surface area contributed by atoms with E-state index in [4.69, 9.17) is 19.6 Å². The molecule has 3 heterocycles. The number of rotatable bonds is 5. The van der Waals surface area contributed by atoms with E-state index in [2.05, 4.69) is 0 Å². The van der Waals surface area contributed by atoms with Crippen molar-refractivity contribution in [3.63, 3.8) is 0 Å². The van der Waals surface area contributed by atoms with Gasteiger partial charge in [0, 0.05) is 17.3 Å². The summed E-state index contributed by atoms with van der Waals surface area (Å²) in [6.45, 7) is 0.0763. The Balaban J connectivity index is 2.15. The first-order chi connectivity index (χ1) is 15.3. The van der Waals surface area contributed by atoms with Gasteiger partial charge in [0.1, 0.15) is 24.5 Å². The van der Waals surface area contributed by atoms with E-state index >= 15 is 0 Å². The quantitative estimate of drug-likeness (QED) is 0.535. The van der Waals surface area contributed by atoms with Crippen LogP contribution >= 0.6 is 0 Å². The van der Waals surface area contributed by atoms with E-state index in [1.807, 2.05) is 0 Å². The number of esters is 1. The zero-order valence-electron chi connectivity index (χ0n) is 16.8. The highest BCUT2D eigenvalue weighted by atomic mass is 16.5. The van der Waals surface area contributed by atoms with Crippen LogP contribution in [-0.4, -0.2) is 41.2 Å². The molecule has 4 rings (SSSR count). The van der Waals surface area contributed by atoms with Crippen molar-refractivity contribution in [2.24, 2.45) is 5.73 Å². The molecule has 4 N–H and O–H groups in total. The molecule has 2 aliphatic rings. The number of nitrogens with two attached hydrogens (primary N) is 1. The van der Waals surface area contributed by atoms with Gasteiger partial charge in [-0.2, -0.15) is 0 Å². The summed E-state index contributed by atoms with van der Waals surface area (Å²) < 4.78 is 16.2. The van der Waals surface area contributed by atoms with Crippen molar-refractivity contribution in [2.45, 2.75) is 18.9 Å². The summed E-state index contributed by atoms with van der Waals surface area (Å²) in [5.41, 5.74) is 3.01. The second-order valence-electron chi connectivity index (χ2n) is 7.01. The zero-order chi connectivity index (χ0) is 23.2. The Morgan fingerprint density at radius 2 is 1.97 bits per heavy atom. The Hall–Kier alpha value is -4.12. The molecule has 1 spiro atoms. The van der Waals surface area contributed by atoms with Crippen LogP contribution < -0.4 is 20.8 Å². The highest BCUT2D eigenvalue weighted by Crippen LogP contribution is 2.55. The number of carbonyl (C=O) groups is 3. The normalized spacial score (nSPS) is 18.9. The lowest BCUT2D eigenvalue weighted by molar-refractivity contribution is -0.141. The predicted molar refractivity (Wildman–Crippen MR) is 107 cm³/mol. The minimum Gasteiger partial charge on any atom is -0.480 e. The van der Waals surface area contributed by atoms with Gasteiger partial charge in [0.05, 0.1) is 6.61 Å². The number of carboxylic acids is 1. The topological polar surface area (TPSA) is 170 Å². The standard InChI is InChI=1S/C21H18N2O9/c1-2-30-19(28)15-18(22)32-16-13(25)7-10(9-24)31-17(16)21(15)11-5-3-4-6-12(11)23(20(21)29)8-14(26)27/h3-7,24H,2,8-9,22H2,1H3,(H,26,27). The number of hydrogen-bond donors (Lipinski definition) is 3. The fourth-order valence-electron chi connectivity index (χ4n) is 4.07. The third-order valence-corrected chi connectivity index (χ3v) is 5.22. The SMILES string of the molecule is CCOC(=O)C1=C(N)Oc2c(oc(CO)cc2=O)C12C(=O)N(CC(=O)O)c1ccccc12. The lowest BCUT2D eigenvalue weighted by Crippen LogP contribution is -2.50. The Labute approximate surface area is 180 Å². The number of aliphatic hydroxyl groups excluding tert-OH is 1. The number of para-hydroxylation sites is 1. The van der Waals surface area contributed by atoms with Gasteiger partial charge >= 0.3 is 11.9 Å². The molecule has 0 bridgehead atoms. The Morgan fingerprint density at radius 3 is 2.62 bits per heavy atom. The molecular formula is C21H18N2O9. The van der Waals surface area contributed by atoms with Crippen LogP contribution in [0.1, 0.15) is 24.0 Å². The Kier molecular flexibility index (Phi) is 4.97. The van der Waals surface area contributed by atoms with Crippen molar-refractivity contribution in [2.75, 3.05) is 18.1 Å². The van der Waals surface area contributed by atoms with Gasteiger partial charge in [-0.1, -0.05) is 18.2 Å². The molecule has 2 aromatic rings. The van der Waals surface area contributed by atoms with E-state index in [1.54, 1.807) is 19.1 Å². The third-order valence-electron chi connectivity index (χ3n) is 5.22. The Bertz CT molecular complexity index is 1250. The first-order valence-electron chi connectivity index (χ1n) is 9.54. The average Bonchev–Trinajstić information content (AvgIpc) is 2.98. The maximum Gasteiger partial charge on any atom is 0.341 e. The molecule has 11 heteroatoms. The monoisotopic (exact) mass is 442 g/mol. The molecule has 32 heavy (non-hydrogen) atoms. The van der Waals surface area contributed by atoms with E-state index in [0.717, 1.165) is 11.0 Å². The molecule has 0 saturated carbocycles. The van der Waals surface area contributed by atoms with Crippen molar-refractivity contribution in [3.8, 4) is 5.75 Å². The summed E-state index contributed by atoms with van der Waals surface area (Å²) in [5, 5.41) is 18.9. The molecule has 0 aliphatic carbocycles. The van der Waals surface area contributed by atoms with Gasteiger partial charge < -0.3 is 29.8 Å². The second kappa shape index (κ2) is 7.54. The Morgan fingerprint density at radius 1 is 1.25 bits per heavy atom. The number of nitrogens with zero attached hydrogens (tertiary/aromatic N) is 1. The summed E-state index contributed by atoms with van der Waals surface area (Å²) in [4.78, 5) is 52.1. The van der Waals surface area contributed by atoms with Gasteiger partial charge in [0.15, 0.2) is 11.2 Å². The molecule has 1 amide bonds. The lowest BCUT2D eigenvalue weighted by atomic mass is 9.71. The molecule has 0 fully saturated rings. The number of aliphatic carboxylic acids is 1. The minimum atomic E-state index is -2.15. The van der Waals surface area contributed by atoms with Crippen molar-refractivity contribution < 1.29 is 38.5 Å². The van der Waals surface area contributed by atoms with Crippen LogP contribution in [0, 0.1) is 0 Å². The van der Waals surface area contributed by atoms with Crippen LogP contribution in [0.3, 0.4) is 0 Å². The number of carbonyl (C=O) groups excluding carboxylic acids is 2. The molecule has 1 aromatic carbocycles. The first kappa shape index (κ1) is 21.1. The largest absolute Gasteiger partial charge is 0.480 e. The number of benzene rings is 1. The summed E-state index contributed by atoms with van der Waals surface area (Å²) >= 11 is 0. The molecular weight excluding hydrogens is 424 g/mol. The fraction of sp³-hybridized carbons (Fsp3) is 0.238. The van der Waals surface area contributed by atoms with Crippen LogP contribution in [0.25, 0.3) is 0 Å². The third kappa shape index (κ3) is 2.78. The predicted octanol–water partition coefficient (Wildman–Crippen LogP) is -0.0248. The number of ether oxygens (including phenoxy) is 2. The fourth-order valence-corrected chi connectivity index (χ4v) is 4.07. The van der Waals surface area contributed by atoms with Crippen LogP contribution in [-0.2, 0) is 31.1 Å². The molecule has 0 saturated heterocycles. The van der Waals surface area contributed by atoms with Gasteiger partial charge in [0.25, 0.3) is 5.91 Å². The van der Waals surface area contributed by atoms with E-state index in [1.165, 1.54) is 12.1 Å². The number of amides is 1.